The van der Waals surface area contributed by atoms with Crippen molar-refractivity contribution in [3.63, 3.8) is 0 Å². The molecule has 2 aliphatic heterocycles. The Balaban J connectivity index is 0.00000216. The second-order valence-corrected chi connectivity index (χ2v) is 10.3. The SMILES string of the molecule is CC.CS/C(C)=C/C=C\C(C)c1nc(N2CCCOCC2)nc(N2CCN(c3ncccc3C(F)(F)F)CC2)n1. The van der Waals surface area contributed by atoms with Crippen molar-refractivity contribution in [1.82, 2.24) is 19.9 Å². The van der Waals surface area contributed by atoms with Crippen molar-refractivity contribution in [2.24, 2.45) is 0 Å². The standard InChI is InChI=1S/C26H34F3N7OS.C2H6/c1-19(7-4-8-20(2)38-3)22-31-24(35-11-6-17-37-18-16-35)33-25(32-22)36-14-12-34(13-15-36)23-21(26(27,28)29)9-5-10-30-23;1-2/h4-5,7-10,19H,6,11-18H2,1-3H3;1-2H3/b7-4-,20-8+;. The van der Waals surface area contributed by atoms with E-state index in [0.29, 0.717) is 63.7 Å². The van der Waals surface area contributed by atoms with E-state index < -0.39 is 11.7 Å². The van der Waals surface area contributed by atoms with Gasteiger partial charge in [0, 0.05) is 58.0 Å². The molecule has 1 atom stereocenters. The number of piperazine rings is 1. The predicted octanol–water partition coefficient (Wildman–Crippen LogP) is 5.79. The van der Waals surface area contributed by atoms with E-state index in [4.69, 9.17) is 19.7 Å². The summed E-state index contributed by atoms with van der Waals surface area (Å²) >= 11 is 1.69. The zero-order chi connectivity index (χ0) is 29.1. The van der Waals surface area contributed by atoms with Crippen LogP contribution < -0.4 is 14.7 Å². The lowest BCUT2D eigenvalue weighted by molar-refractivity contribution is -0.137. The number of anilines is 3. The first-order valence-electron chi connectivity index (χ1n) is 13.8. The van der Waals surface area contributed by atoms with E-state index in [1.807, 2.05) is 38.0 Å². The summed E-state index contributed by atoms with van der Waals surface area (Å²) in [6, 6.07) is 2.40. The van der Waals surface area contributed by atoms with Gasteiger partial charge in [-0.15, -0.1) is 11.8 Å². The Labute approximate surface area is 239 Å². The topological polar surface area (TPSA) is 70.5 Å². The Morgan fingerprint density at radius 1 is 0.975 bits per heavy atom. The van der Waals surface area contributed by atoms with Crippen molar-refractivity contribution in [2.75, 3.05) is 73.4 Å². The second-order valence-electron chi connectivity index (χ2n) is 9.25. The molecule has 2 fully saturated rings. The van der Waals surface area contributed by atoms with E-state index in [-0.39, 0.29) is 11.7 Å². The third-order valence-electron chi connectivity index (χ3n) is 6.55. The highest BCUT2D eigenvalue weighted by Gasteiger charge is 2.36. The summed E-state index contributed by atoms with van der Waals surface area (Å²) in [7, 11) is 0. The highest BCUT2D eigenvalue weighted by Crippen LogP contribution is 2.35. The first-order valence-corrected chi connectivity index (χ1v) is 15.0. The van der Waals surface area contributed by atoms with Gasteiger partial charge in [-0.05, 0) is 36.6 Å². The van der Waals surface area contributed by atoms with Crippen LogP contribution in [-0.4, -0.2) is 78.7 Å². The summed E-state index contributed by atoms with van der Waals surface area (Å²) in [5.41, 5.74) is -0.715. The molecule has 0 aromatic carbocycles. The van der Waals surface area contributed by atoms with Crippen LogP contribution in [0.3, 0.4) is 0 Å². The molecule has 0 aliphatic carbocycles. The number of allylic oxidation sites excluding steroid dienone is 4. The van der Waals surface area contributed by atoms with Crippen molar-refractivity contribution in [3.05, 3.63) is 52.9 Å². The van der Waals surface area contributed by atoms with E-state index in [9.17, 15) is 13.2 Å². The van der Waals surface area contributed by atoms with Gasteiger partial charge in [-0.2, -0.15) is 28.1 Å². The number of ether oxygens (including phenoxy) is 1. The van der Waals surface area contributed by atoms with Gasteiger partial charge in [0.15, 0.2) is 0 Å². The Morgan fingerprint density at radius 3 is 2.27 bits per heavy atom. The fourth-order valence-electron chi connectivity index (χ4n) is 4.30. The molecule has 0 saturated carbocycles. The lowest BCUT2D eigenvalue weighted by Crippen LogP contribution is -2.48. The summed E-state index contributed by atoms with van der Waals surface area (Å²) in [5.74, 6) is 1.73. The molecule has 1 unspecified atom stereocenters. The van der Waals surface area contributed by atoms with E-state index in [2.05, 4.69) is 29.0 Å². The van der Waals surface area contributed by atoms with Gasteiger partial charge in [-0.1, -0.05) is 39.0 Å². The van der Waals surface area contributed by atoms with Gasteiger partial charge in [0.2, 0.25) is 11.9 Å². The number of alkyl halides is 3. The maximum atomic E-state index is 13.5. The van der Waals surface area contributed by atoms with Gasteiger partial charge in [-0.3, -0.25) is 0 Å². The number of hydrogen-bond acceptors (Lipinski definition) is 9. The van der Waals surface area contributed by atoms with Crippen LogP contribution in [0.4, 0.5) is 30.9 Å². The minimum atomic E-state index is -4.46. The van der Waals surface area contributed by atoms with Gasteiger partial charge in [-0.25, -0.2) is 4.98 Å². The average Bonchev–Trinajstić information content (AvgIpc) is 3.27. The summed E-state index contributed by atoms with van der Waals surface area (Å²) in [6.07, 6.45) is 6.00. The van der Waals surface area contributed by atoms with Crippen molar-refractivity contribution in [3.8, 4) is 0 Å². The monoisotopic (exact) mass is 579 g/mol. The number of rotatable bonds is 7. The van der Waals surface area contributed by atoms with Crippen molar-refractivity contribution in [1.29, 1.82) is 0 Å². The molecule has 0 N–H and O–H groups in total. The summed E-state index contributed by atoms with van der Waals surface area (Å²) in [6.45, 7) is 12.6. The van der Waals surface area contributed by atoms with Crippen LogP contribution >= 0.6 is 11.8 Å². The van der Waals surface area contributed by atoms with Crippen LogP contribution in [0.15, 0.2) is 41.5 Å². The molecule has 40 heavy (non-hydrogen) atoms. The van der Waals surface area contributed by atoms with E-state index in [0.717, 1.165) is 19.0 Å². The number of aromatic nitrogens is 4. The number of nitrogens with zero attached hydrogens (tertiary/aromatic N) is 7. The quantitative estimate of drug-likeness (QED) is 0.379. The van der Waals surface area contributed by atoms with Gasteiger partial charge in [0.1, 0.15) is 11.6 Å². The minimum absolute atomic E-state index is 0.0337. The molecule has 0 amide bonds. The van der Waals surface area contributed by atoms with Gasteiger partial charge in [0.25, 0.3) is 0 Å². The number of hydrogen-bond donors (Lipinski definition) is 0. The first-order chi connectivity index (χ1) is 19.3. The maximum Gasteiger partial charge on any atom is 0.419 e. The molecular weight excluding hydrogens is 539 g/mol. The first kappa shape index (κ1) is 31.7. The van der Waals surface area contributed by atoms with Crippen LogP contribution in [0.2, 0.25) is 0 Å². The lowest BCUT2D eigenvalue weighted by Gasteiger charge is -2.36. The van der Waals surface area contributed by atoms with Crippen molar-refractivity contribution >= 4 is 29.5 Å². The Bertz CT molecular complexity index is 1130. The molecule has 0 bridgehead atoms. The molecule has 2 aromatic heterocycles. The fourth-order valence-corrected chi connectivity index (χ4v) is 4.52. The number of halogens is 3. The van der Waals surface area contributed by atoms with Crippen LogP contribution in [0.1, 0.15) is 51.4 Å². The van der Waals surface area contributed by atoms with Crippen molar-refractivity contribution in [2.45, 2.75) is 46.2 Å². The van der Waals surface area contributed by atoms with E-state index in [1.54, 1.807) is 16.7 Å². The summed E-state index contributed by atoms with van der Waals surface area (Å²) in [5, 5.41) is 0. The molecule has 0 radical (unpaired) electrons. The van der Waals surface area contributed by atoms with Crippen LogP contribution in [0.5, 0.6) is 0 Å². The highest BCUT2D eigenvalue weighted by atomic mass is 32.2. The Hall–Kier alpha value is -2.86. The minimum Gasteiger partial charge on any atom is -0.380 e. The number of pyridine rings is 1. The Kier molecular flexibility index (Phi) is 12.1. The molecule has 2 aliphatic rings. The Morgan fingerprint density at radius 2 is 1.62 bits per heavy atom. The smallest absolute Gasteiger partial charge is 0.380 e. The second kappa shape index (κ2) is 15.2. The lowest BCUT2D eigenvalue weighted by atomic mass is 10.1. The van der Waals surface area contributed by atoms with Gasteiger partial charge >= 0.3 is 6.18 Å². The predicted molar refractivity (Wildman–Crippen MR) is 157 cm³/mol. The molecule has 8 nitrogen and oxygen atoms in total. The number of thioether (sulfide) groups is 1. The molecular formula is C28H40F3N7OS. The molecule has 220 valence electrons. The van der Waals surface area contributed by atoms with E-state index in [1.165, 1.54) is 17.2 Å². The van der Waals surface area contributed by atoms with Crippen molar-refractivity contribution < 1.29 is 17.9 Å². The molecule has 12 heteroatoms. The van der Waals surface area contributed by atoms with Gasteiger partial charge in [0.05, 0.1) is 12.2 Å². The zero-order valence-electron chi connectivity index (χ0n) is 24.0. The molecule has 0 spiro atoms. The van der Waals surface area contributed by atoms with Crippen LogP contribution in [0.25, 0.3) is 0 Å². The maximum absolute atomic E-state index is 13.5. The molecule has 2 aromatic rings. The van der Waals surface area contributed by atoms with E-state index >= 15 is 0 Å². The highest BCUT2D eigenvalue weighted by molar-refractivity contribution is 8.02. The fraction of sp³-hybridized carbons (Fsp3) is 0.571. The normalized spacial score (nSPS) is 17.9. The largest absolute Gasteiger partial charge is 0.419 e. The van der Waals surface area contributed by atoms with Crippen LogP contribution in [-0.2, 0) is 10.9 Å². The molecule has 2 saturated heterocycles. The molecule has 4 heterocycles. The average molecular weight is 580 g/mol. The third kappa shape index (κ3) is 8.57. The van der Waals surface area contributed by atoms with Gasteiger partial charge < -0.3 is 19.4 Å². The zero-order valence-corrected chi connectivity index (χ0v) is 24.8. The summed E-state index contributed by atoms with van der Waals surface area (Å²) in [4.78, 5) is 25.5. The summed E-state index contributed by atoms with van der Waals surface area (Å²) < 4.78 is 46.2. The molecule has 4 rings (SSSR count). The third-order valence-corrected chi connectivity index (χ3v) is 7.33. The van der Waals surface area contributed by atoms with Crippen LogP contribution in [0, 0.1) is 0 Å².